The number of hydrogen-bond donors (Lipinski definition) is 1. The van der Waals surface area contributed by atoms with Gasteiger partial charge in [-0.1, -0.05) is 25.4 Å². The number of nitrogens with one attached hydrogen (secondary N) is 1. The van der Waals surface area contributed by atoms with Crippen molar-refractivity contribution in [1.82, 2.24) is 5.32 Å². The van der Waals surface area contributed by atoms with Crippen molar-refractivity contribution in [3.05, 3.63) is 28.8 Å². The van der Waals surface area contributed by atoms with E-state index in [0.29, 0.717) is 36.7 Å². The molecule has 0 spiro atoms. The third kappa shape index (κ3) is 3.93. The summed E-state index contributed by atoms with van der Waals surface area (Å²) in [5, 5.41) is 3.06. The van der Waals surface area contributed by atoms with Crippen molar-refractivity contribution in [3.63, 3.8) is 0 Å². The van der Waals surface area contributed by atoms with Crippen LogP contribution in [0.25, 0.3) is 0 Å². The zero-order valence-electron chi connectivity index (χ0n) is 12.8. The van der Waals surface area contributed by atoms with E-state index >= 15 is 0 Å². The fraction of sp³-hybridized carbons (Fsp3) is 0.533. The maximum absolute atomic E-state index is 12.1. The predicted octanol–water partition coefficient (Wildman–Crippen LogP) is 2.66. The Labute approximate surface area is 136 Å². The molecule has 1 amide bonds. The molecule has 1 fully saturated rings. The van der Waals surface area contributed by atoms with Gasteiger partial charge in [0, 0.05) is 13.1 Å². The lowest BCUT2D eigenvalue weighted by molar-refractivity contribution is 0.0949. The first kappa shape index (κ1) is 17.1. The summed E-state index contributed by atoms with van der Waals surface area (Å²) in [5.41, 5.74) is 0.880. The monoisotopic (exact) mass is 344 g/mol. The van der Waals surface area contributed by atoms with Crippen molar-refractivity contribution in [2.45, 2.75) is 26.7 Å². The summed E-state index contributed by atoms with van der Waals surface area (Å²) in [6.45, 7) is 5.04. The van der Waals surface area contributed by atoms with Gasteiger partial charge in [0.05, 0.1) is 22.0 Å². The molecular weight excluding hydrogens is 324 g/mol. The van der Waals surface area contributed by atoms with E-state index in [2.05, 4.69) is 5.32 Å². The van der Waals surface area contributed by atoms with Crippen molar-refractivity contribution < 1.29 is 13.2 Å². The third-order valence-corrected chi connectivity index (χ3v) is 5.69. The number of nitrogens with zero attached hydrogens (tertiary/aromatic N) is 1. The van der Waals surface area contributed by atoms with Gasteiger partial charge in [-0.15, -0.1) is 0 Å². The van der Waals surface area contributed by atoms with Gasteiger partial charge in [-0.2, -0.15) is 0 Å². The molecule has 0 bridgehead atoms. The number of anilines is 1. The second-order valence-corrected chi connectivity index (χ2v) is 8.28. The van der Waals surface area contributed by atoms with Gasteiger partial charge < -0.3 is 5.32 Å². The molecule has 0 aromatic heterocycles. The first-order valence-electron chi connectivity index (χ1n) is 7.39. The SMILES string of the molecule is CC(C)CNC(=O)c1ccc(N2CCCCS2(=O)=O)cc1Cl. The number of rotatable bonds is 4. The lowest BCUT2D eigenvalue weighted by Crippen LogP contribution is -2.37. The smallest absolute Gasteiger partial charge is 0.252 e. The normalized spacial score (nSPS) is 17.5. The van der Waals surface area contributed by atoms with Gasteiger partial charge in [0.2, 0.25) is 10.0 Å². The molecule has 1 aromatic rings. The number of carbonyl (C=O) groups excluding carboxylic acids is 1. The summed E-state index contributed by atoms with van der Waals surface area (Å²) in [5.74, 6) is 0.258. The number of carbonyl (C=O) groups is 1. The summed E-state index contributed by atoms with van der Waals surface area (Å²) in [7, 11) is -3.27. The van der Waals surface area contributed by atoms with E-state index in [4.69, 9.17) is 11.6 Å². The number of sulfonamides is 1. The molecule has 0 aliphatic carbocycles. The summed E-state index contributed by atoms with van der Waals surface area (Å²) in [6, 6.07) is 4.77. The third-order valence-electron chi connectivity index (χ3n) is 3.51. The van der Waals surface area contributed by atoms with E-state index in [1.807, 2.05) is 13.8 Å². The molecule has 2 rings (SSSR count). The molecule has 1 N–H and O–H groups in total. The maximum atomic E-state index is 12.1. The van der Waals surface area contributed by atoms with Crippen LogP contribution < -0.4 is 9.62 Å². The van der Waals surface area contributed by atoms with Crippen LogP contribution in [0.5, 0.6) is 0 Å². The van der Waals surface area contributed by atoms with E-state index in [-0.39, 0.29) is 16.7 Å². The molecule has 1 heterocycles. The van der Waals surface area contributed by atoms with Crippen molar-refractivity contribution in [3.8, 4) is 0 Å². The van der Waals surface area contributed by atoms with Gasteiger partial charge in [-0.3, -0.25) is 9.10 Å². The minimum Gasteiger partial charge on any atom is -0.352 e. The van der Waals surface area contributed by atoms with Crippen LogP contribution in [0.3, 0.4) is 0 Å². The molecule has 7 heteroatoms. The summed E-state index contributed by atoms with van der Waals surface area (Å²) >= 11 is 6.17. The first-order valence-corrected chi connectivity index (χ1v) is 9.38. The zero-order chi connectivity index (χ0) is 16.3. The van der Waals surface area contributed by atoms with Crippen LogP contribution in [0.4, 0.5) is 5.69 Å². The van der Waals surface area contributed by atoms with Gasteiger partial charge in [0.25, 0.3) is 5.91 Å². The summed E-state index contributed by atoms with van der Waals surface area (Å²) in [6.07, 6.45) is 1.51. The van der Waals surface area contributed by atoms with E-state index in [1.54, 1.807) is 18.2 Å². The molecule has 0 atom stereocenters. The molecule has 5 nitrogen and oxygen atoms in total. The molecule has 1 saturated heterocycles. The standard InChI is InChI=1S/C15H21ClN2O3S/c1-11(2)10-17-15(19)13-6-5-12(9-14(13)16)18-7-3-4-8-22(18,20)21/h5-6,9,11H,3-4,7-8,10H2,1-2H3,(H,17,19). The Morgan fingerprint density at radius 1 is 1.36 bits per heavy atom. The van der Waals surface area contributed by atoms with Gasteiger partial charge in [-0.25, -0.2) is 8.42 Å². The predicted molar refractivity (Wildman–Crippen MR) is 89.0 cm³/mol. The molecule has 1 aromatic carbocycles. The van der Waals surface area contributed by atoms with Crippen molar-refractivity contribution in [2.24, 2.45) is 5.92 Å². The van der Waals surface area contributed by atoms with Crippen molar-refractivity contribution in [1.29, 1.82) is 0 Å². The van der Waals surface area contributed by atoms with E-state index in [0.717, 1.165) is 6.42 Å². The highest BCUT2D eigenvalue weighted by molar-refractivity contribution is 7.92. The van der Waals surface area contributed by atoms with Crippen molar-refractivity contribution in [2.75, 3.05) is 23.1 Å². The second kappa shape index (κ2) is 6.87. The number of benzene rings is 1. The highest BCUT2D eigenvalue weighted by Gasteiger charge is 2.26. The lowest BCUT2D eigenvalue weighted by atomic mass is 10.1. The minimum atomic E-state index is -3.27. The van der Waals surface area contributed by atoms with Crippen LogP contribution in [-0.4, -0.2) is 33.2 Å². The first-order chi connectivity index (χ1) is 10.3. The Balaban J connectivity index is 2.21. The highest BCUT2D eigenvalue weighted by Crippen LogP contribution is 2.28. The fourth-order valence-electron chi connectivity index (χ4n) is 2.31. The Kier molecular flexibility index (Phi) is 5.34. The summed E-state index contributed by atoms with van der Waals surface area (Å²) < 4.78 is 25.6. The molecule has 0 radical (unpaired) electrons. The van der Waals surface area contributed by atoms with E-state index < -0.39 is 10.0 Å². The summed E-state index contributed by atoms with van der Waals surface area (Å²) in [4.78, 5) is 12.1. The molecule has 122 valence electrons. The highest BCUT2D eigenvalue weighted by atomic mass is 35.5. The van der Waals surface area contributed by atoms with Crippen LogP contribution in [0, 0.1) is 5.92 Å². The molecule has 22 heavy (non-hydrogen) atoms. The topological polar surface area (TPSA) is 66.5 Å². The maximum Gasteiger partial charge on any atom is 0.252 e. The van der Waals surface area contributed by atoms with E-state index in [1.165, 1.54) is 4.31 Å². The van der Waals surface area contributed by atoms with Crippen molar-refractivity contribution >= 4 is 33.2 Å². The van der Waals surface area contributed by atoms with Gasteiger partial charge >= 0.3 is 0 Å². The van der Waals surface area contributed by atoms with Crippen LogP contribution >= 0.6 is 11.6 Å². The van der Waals surface area contributed by atoms with Gasteiger partial charge in [-0.05, 0) is 37.0 Å². The number of hydrogen-bond acceptors (Lipinski definition) is 3. The Bertz CT molecular complexity index is 659. The molecule has 0 unspecified atom stereocenters. The second-order valence-electron chi connectivity index (χ2n) is 5.86. The zero-order valence-corrected chi connectivity index (χ0v) is 14.4. The quantitative estimate of drug-likeness (QED) is 0.913. The molecule has 1 aliphatic heterocycles. The van der Waals surface area contributed by atoms with Crippen LogP contribution in [-0.2, 0) is 10.0 Å². The van der Waals surface area contributed by atoms with Crippen LogP contribution in [0.2, 0.25) is 5.02 Å². The molecular formula is C15H21ClN2O3S. The lowest BCUT2D eigenvalue weighted by Gasteiger charge is -2.28. The number of amides is 1. The number of halogens is 1. The molecule has 0 saturated carbocycles. The molecule has 1 aliphatic rings. The average molecular weight is 345 g/mol. The Hall–Kier alpha value is -1.27. The minimum absolute atomic E-state index is 0.154. The van der Waals surface area contributed by atoms with E-state index in [9.17, 15) is 13.2 Å². The van der Waals surface area contributed by atoms with Crippen LogP contribution in [0.15, 0.2) is 18.2 Å². The largest absolute Gasteiger partial charge is 0.352 e. The van der Waals surface area contributed by atoms with Crippen LogP contribution in [0.1, 0.15) is 37.0 Å². The Morgan fingerprint density at radius 2 is 2.09 bits per heavy atom. The van der Waals surface area contributed by atoms with Gasteiger partial charge in [0.15, 0.2) is 0 Å². The fourth-order valence-corrected chi connectivity index (χ4v) is 4.21. The average Bonchev–Trinajstić information content (AvgIpc) is 2.44. The van der Waals surface area contributed by atoms with Gasteiger partial charge in [0.1, 0.15) is 0 Å². The Morgan fingerprint density at radius 3 is 2.68 bits per heavy atom.